The largest absolute Gasteiger partial charge is 0.376 e. The number of nitrogens with one attached hydrogen (secondary N) is 4. The van der Waals surface area contributed by atoms with E-state index in [9.17, 15) is 14.4 Å². The van der Waals surface area contributed by atoms with E-state index >= 15 is 0 Å². The quantitative estimate of drug-likeness (QED) is 0.405. The Morgan fingerprint density at radius 3 is 2.06 bits per heavy atom. The van der Waals surface area contributed by atoms with Crippen LogP contribution in [0.4, 0.5) is 11.4 Å². The average molecular weight is 451 g/mol. The minimum atomic E-state index is -0.200. The van der Waals surface area contributed by atoms with Crippen LogP contribution < -0.4 is 21.3 Å². The van der Waals surface area contributed by atoms with Gasteiger partial charge < -0.3 is 21.3 Å². The minimum Gasteiger partial charge on any atom is -0.376 e. The van der Waals surface area contributed by atoms with Crippen LogP contribution in [-0.2, 0) is 4.79 Å². The zero-order valence-corrected chi connectivity index (χ0v) is 19.3. The highest BCUT2D eigenvalue weighted by molar-refractivity contribution is 5.97. The first-order valence-electron chi connectivity index (χ1n) is 11.9. The first kappa shape index (κ1) is 24.3. The maximum atomic E-state index is 12.4. The van der Waals surface area contributed by atoms with Crippen LogP contribution in [0.1, 0.15) is 72.6 Å². The van der Waals surface area contributed by atoms with Crippen molar-refractivity contribution in [2.45, 2.75) is 57.9 Å². The number of hydrogen-bond acceptors (Lipinski definition) is 4. The number of unbranched alkanes of at least 4 members (excludes halogenated alkanes) is 1. The molecular formula is C26H34N4O3. The molecule has 176 valence electrons. The second-order valence-electron chi connectivity index (χ2n) is 8.47. The highest BCUT2D eigenvalue weighted by atomic mass is 16.2. The van der Waals surface area contributed by atoms with Crippen molar-refractivity contribution in [1.82, 2.24) is 10.6 Å². The lowest BCUT2D eigenvalue weighted by Crippen LogP contribution is -2.36. The van der Waals surface area contributed by atoms with Crippen molar-refractivity contribution in [3.8, 4) is 0 Å². The number of benzene rings is 2. The molecule has 4 N–H and O–H groups in total. The number of rotatable bonds is 10. The van der Waals surface area contributed by atoms with E-state index in [2.05, 4.69) is 28.2 Å². The van der Waals surface area contributed by atoms with Crippen molar-refractivity contribution < 1.29 is 14.4 Å². The van der Waals surface area contributed by atoms with Gasteiger partial charge in [0, 0.05) is 35.1 Å². The third-order valence-corrected chi connectivity index (χ3v) is 5.79. The summed E-state index contributed by atoms with van der Waals surface area (Å²) in [6.45, 7) is 2.82. The number of hydrogen-bond donors (Lipinski definition) is 4. The molecule has 3 rings (SSSR count). The summed E-state index contributed by atoms with van der Waals surface area (Å²) in [6.07, 6.45) is 7.68. The number of anilines is 2. The van der Waals surface area contributed by atoms with E-state index in [1.54, 1.807) is 48.5 Å². The van der Waals surface area contributed by atoms with Gasteiger partial charge in [-0.15, -0.1) is 0 Å². The maximum absolute atomic E-state index is 12.4. The van der Waals surface area contributed by atoms with Crippen LogP contribution in [0.25, 0.3) is 0 Å². The Kier molecular flexibility index (Phi) is 9.30. The third-order valence-electron chi connectivity index (χ3n) is 5.79. The predicted octanol–water partition coefficient (Wildman–Crippen LogP) is 4.33. The van der Waals surface area contributed by atoms with Gasteiger partial charge in [-0.25, -0.2) is 0 Å². The van der Waals surface area contributed by atoms with Crippen LogP contribution in [0.15, 0.2) is 48.5 Å². The van der Waals surface area contributed by atoms with Gasteiger partial charge in [0.15, 0.2) is 0 Å². The highest BCUT2D eigenvalue weighted by Gasteiger charge is 2.16. The predicted molar refractivity (Wildman–Crippen MR) is 132 cm³/mol. The molecule has 0 saturated heterocycles. The van der Waals surface area contributed by atoms with Crippen LogP contribution in [0.5, 0.6) is 0 Å². The minimum absolute atomic E-state index is 0.0475. The molecule has 2 aromatic rings. The third kappa shape index (κ3) is 7.93. The van der Waals surface area contributed by atoms with Crippen molar-refractivity contribution in [3.05, 3.63) is 59.7 Å². The van der Waals surface area contributed by atoms with Crippen LogP contribution >= 0.6 is 0 Å². The zero-order chi connectivity index (χ0) is 23.5. The topological polar surface area (TPSA) is 99.3 Å². The first-order valence-corrected chi connectivity index (χ1v) is 11.9. The summed E-state index contributed by atoms with van der Waals surface area (Å²) in [6, 6.07) is 14.2. The standard InChI is InChI=1S/C26H34N4O3/c1-2-3-17-27-25(32)19-11-15-23(16-12-19)29-24(31)18-28-21-13-9-20(10-14-21)26(33)30-22-7-5-4-6-8-22/h9-16,22,28H,2-8,17-18H2,1H3,(H,27,32)(H,29,31)(H,30,33). The van der Waals surface area contributed by atoms with Crippen molar-refractivity contribution in [1.29, 1.82) is 0 Å². The molecule has 0 aromatic heterocycles. The molecule has 0 heterocycles. The summed E-state index contributed by atoms with van der Waals surface area (Å²) in [5.41, 5.74) is 2.57. The molecule has 1 aliphatic carbocycles. The Morgan fingerprint density at radius 2 is 1.42 bits per heavy atom. The maximum Gasteiger partial charge on any atom is 0.251 e. The van der Waals surface area contributed by atoms with E-state index in [1.165, 1.54) is 19.3 Å². The normalized spacial score (nSPS) is 13.7. The molecular weight excluding hydrogens is 416 g/mol. The van der Waals surface area contributed by atoms with E-state index in [0.717, 1.165) is 31.4 Å². The molecule has 0 unspecified atom stereocenters. The van der Waals surface area contributed by atoms with Gasteiger partial charge in [-0.3, -0.25) is 14.4 Å². The fraction of sp³-hybridized carbons (Fsp3) is 0.423. The Labute approximate surface area is 195 Å². The smallest absolute Gasteiger partial charge is 0.251 e. The van der Waals surface area contributed by atoms with Gasteiger partial charge in [0.05, 0.1) is 6.54 Å². The van der Waals surface area contributed by atoms with Gasteiger partial charge >= 0.3 is 0 Å². The first-order chi connectivity index (χ1) is 16.0. The van der Waals surface area contributed by atoms with Crippen LogP contribution in [-0.4, -0.2) is 36.9 Å². The van der Waals surface area contributed by atoms with Gasteiger partial charge in [-0.2, -0.15) is 0 Å². The Bertz CT molecular complexity index is 920. The van der Waals surface area contributed by atoms with Gasteiger partial charge in [-0.1, -0.05) is 32.6 Å². The summed E-state index contributed by atoms with van der Waals surface area (Å²) in [5.74, 6) is -0.359. The second-order valence-corrected chi connectivity index (χ2v) is 8.47. The van der Waals surface area contributed by atoms with Gasteiger partial charge in [0.2, 0.25) is 5.91 Å². The highest BCUT2D eigenvalue weighted by Crippen LogP contribution is 2.18. The molecule has 0 aliphatic heterocycles. The molecule has 7 nitrogen and oxygen atoms in total. The summed E-state index contributed by atoms with van der Waals surface area (Å²) in [7, 11) is 0. The van der Waals surface area contributed by atoms with Crippen molar-refractivity contribution in [2.24, 2.45) is 0 Å². The van der Waals surface area contributed by atoms with E-state index in [4.69, 9.17) is 0 Å². The van der Waals surface area contributed by atoms with Crippen molar-refractivity contribution in [3.63, 3.8) is 0 Å². The van der Waals surface area contributed by atoms with Gasteiger partial charge in [0.25, 0.3) is 11.8 Å². The molecule has 0 atom stereocenters. The van der Waals surface area contributed by atoms with E-state index in [0.29, 0.717) is 23.4 Å². The molecule has 0 spiro atoms. The molecule has 1 saturated carbocycles. The molecule has 1 aliphatic rings. The lowest BCUT2D eigenvalue weighted by atomic mass is 9.95. The lowest BCUT2D eigenvalue weighted by molar-refractivity contribution is -0.114. The summed E-state index contributed by atoms with van der Waals surface area (Å²) < 4.78 is 0. The number of carbonyl (C=O) groups excluding carboxylic acids is 3. The number of carbonyl (C=O) groups is 3. The summed E-state index contributed by atoms with van der Waals surface area (Å²) >= 11 is 0. The van der Waals surface area contributed by atoms with E-state index in [1.807, 2.05) is 0 Å². The molecule has 3 amide bonds. The molecule has 0 radical (unpaired) electrons. The molecule has 1 fully saturated rings. The molecule has 33 heavy (non-hydrogen) atoms. The molecule has 0 bridgehead atoms. The van der Waals surface area contributed by atoms with Crippen LogP contribution in [0, 0.1) is 0 Å². The zero-order valence-electron chi connectivity index (χ0n) is 19.3. The lowest BCUT2D eigenvalue weighted by Gasteiger charge is -2.22. The average Bonchev–Trinajstić information content (AvgIpc) is 2.84. The summed E-state index contributed by atoms with van der Waals surface area (Å²) in [5, 5.41) is 11.8. The fourth-order valence-electron chi connectivity index (χ4n) is 3.83. The Morgan fingerprint density at radius 1 is 0.818 bits per heavy atom. The van der Waals surface area contributed by atoms with Crippen molar-refractivity contribution in [2.75, 3.05) is 23.7 Å². The fourth-order valence-corrected chi connectivity index (χ4v) is 3.83. The van der Waals surface area contributed by atoms with E-state index in [-0.39, 0.29) is 30.3 Å². The van der Waals surface area contributed by atoms with Crippen molar-refractivity contribution >= 4 is 29.1 Å². The Hall–Kier alpha value is -3.35. The second kappa shape index (κ2) is 12.6. The monoisotopic (exact) mass is 450 g/mol. The number of amides is 3. The van der Waals surface area contributed by atoms with Gasteiger partial charge in [0.1, 0.15) is 0 Å². The van der Waals surface area contributed by atoms with Crippen LogP contribution in [0.3, 0.4) is 0 Å². The van der Waals surface area contributed by atoms with Crippen LogP contribution in [0.2, 0.25) is 0 Å². The molecule has 2 aromatic carbocycles. The Balaban J connectivity index is 1.42. The molecule has 7 heteroatoms. The van der Waals surface area contributed by atoms with E-state index < -0.39 is 0 Å². The SMILES string of the molecule is CCCCNC(=O)c1ccc(NC(=O)CNc2ccc(C(=O)NC3CCCCC3)cc2)cc1. The summed E-state index contributed by atoms with van der Waals surface area (Å²) in [4.78, 5) is 36.7. The van der Waals surface area contributed by atoms with Gasteiger partial charge in [-0.05, 0) is 67.8 Å².